The van der Waals surface area contributed by atoms with E-state index in [4.69, 9.17) is 10.6 Å². The van der Waals surface area contributed by atoms with Crippen LogP contribution in [0.3, 0.4) is 0 Å². The summed E-state index contributed by atoms with van der Waals surface area (Å²) >= 11 is 0. The Balaban J connectivity index is 1.76. The molecule has 0 bridgehead atoms. The third-order valence-corrected chi connectivity index (χ3v) is 2.87. The van der Waals surface area contributed by atoms with Crippen molar-refractivity contribution in [2.45, 2.75) is 12.8 Å². The summed E-state index contributed by atoms with van der Waals surface area (Å²) in [6.07, 6.45) is 2.50. The smallest absolute Gasteiger partial charge is 0.0468 e. The zero-order chi connectivity index (χ0) is 7.68. The fraction of sp³-hybridized carbons (Fsp3) is 1.00. The van der Waals surface area contributed by atoms with Crippen molar-refractivity contribution in [3.8, 4) is 0 Å². The lowest BCUT2D eigenvalue weighted by molar-refractivity contribution is -0.00754. The second-order valence-electron chi connectivity index (χ2n) is 3.66. The molecule has 0 amide bonds. The molecule has 0 aromatic heterocycles. The molecule has 3 heteroatoms. The van der Waals surface area contributed by atoms with Gasteiger partial charge in [0.2, 0.25) is 0 Å². The fourth-order valence-corrected chi connectivity index (χ4v) is 2.03. The van der Waals surface area contributed by atoms with Gasteiger partial charge in [0.1, 0.15) is 0 Å². The van der Waals surface area contributed by atoms with E-state index in [9.17, 15) is 0 Å². The summed E-state index contributed by atoms with van der Waals surface area (Å²) in [5, 5.41) is 1.90. The second kappa shape index (κ2) is 3.09. The van der Waals surface area contributed by atoms with E-state index in [1.807, 2.05) is 5.01 Å². The number of ether oxygens (including phenoxy) is 1. The average Bonchev–Trinajstić information content (AvgIpc) is 2.01. The molecule has 0 atom stereocenters. The Labute approximate surface area is 67.5 Å². The standard InChI is InChI=1S/C8H16N2O/c9-10-5-8(6-10)7-1-3-11-4-2-7/h7-8H,1-6,9H2. The highest BCUT2D eigenvalue weighted by Gasteiger charge is 2.32. The van der Waals surface area contributed by atoms with Crippen molar-refractivity contribution in [1.82, 2.24) is 5.01 Å². The van der Waals surface area contributed by atoms with Gasteiger partial charge in [-0.05, 0) is 24.7 Å². The maximum absolute atomic E-state index is 5.58. The van der Waals surface area contributed by atoms with E-state index in [1.54, 1.807) is 0 Å². The Morgan fingerprint density at radius 2 is 1.73 bits per heavy atom. The van der Waals surface area contributed by atoms with Crippen molar-refractivity contribution in [1.29, 1.82) is 0 Å². The molecule has 0 unspecified atom stereocenters. The molecule has 2 saturated heterocycles. The molecule has 64 valence electrons. The third-order valence-electron chi connectivity index (χ3n) is 2.87. The van der Waals surface area contributed by atoms with Crippen LogP contribution < -0.4 is 5.84 Å². The first-order valence-corrected chi connectivity index (χ1v) is 4.43. The maximum Gasteiger partial charge on any atom is 0.0468 e. The first-order valence-electron chi connectivity index (χ1n) is 4.43. The topological polar surface area (TPSA) is 38.5 Å². The molecular formula is C8H16N2O. The molecule has 0 spiro atoms. The number of hydrogen-bond acceptors (Lipinski definition) is 3. The molecule has 2 aliphatic heterocycles. The van der Waals surface area contributed by atoms with Crippen molar-refractivity contribution in [3.63, 3.8) is 0 Å². The summed E-state index contributed by atoms with van der Waals surface area (Å²) in [4.78, 5) is 0. The van der Waals surface area contributed by atoms with E-state index < -0.39 is 0 Å². The summed E-state index contributed by atoms with van der Waals surface area (Å²) in [6.45, 7) is 4.13. The van der Waals surface area contributed by atoms with Crippen LogP contribution in [0.4, 0.5) is 0 Å². The predicted molar refractivity (Wildman–Crippen MR) is 42.8 cm³/mol. The molecule has 0 aromatic carbocycles. The molecule has 0 aromatic rings. The van der Waals surface area contributed by atoms with Crippen molar-refractivity contribution in [3.05, 3.63) is 0 Å². The molecule has 2 fully saturated rings. The van der Waals surface area contributed by atoms with E-state index >= 15 is 0 Å². The number of hydrazine groups is 1. The lowest BCUT2D eigenvalue weighted by Crippen LogP contribution is -2.54. The Bertz CT molecular complexity index is 128. The van der Waals surface area contributed by atoms with E-state index in [2.05, 4.69) is 0 Å². The molecule has 2 N–H and O–H groups in total. The quantitative estimate of drug-likeness (QED) is 0.552. The van der Waals surface area contributed by atoms with Crippen molar-refractivity contribution in [2.75, 3.05) is 26.3 Å². The number of nitrogens with two attached hydrogens (primary N) is 1. The number of rotatable bonds is 1. The van der Waals surface area contributed by atoms with Crippen molar-refractivity contribution < 1.29 is 4.74 Å². The molecular weight excluding hydrogens is 140 g/mol. The summed E-state index contributed by atoms with van der Waals surface area (Å²) in [6, 6.07) is 0. The minimum absolute atomic E-state index is 0.865. The molecule has 2 rings (SSSR count). The number of hydrogen-bond donors (Lipinski definition) is 1. The first-order chi connectivity index (χ1) is 5.36. The van der Waals surface area contributed by atoms with Crippen LogP contribution in [0.1, 0.15) is 12.8 Å². The summed E-state index contributed by atoms with van der Waals surface area (Å²) < 4.78 is 5.30. The van der Waals surface area contributed by atoms with Gasteiger partial charge in [-0.15, -0.1) is 0 Å². The van der Waals surface area contributed by atoms with Gasteiger partial charge in [0.25, 0.3) is 0 Å². The summed E-state index contributed by atoms with van der Waals surface area (Å²) in [7, 11) is 0. The maximum atomic E-state index is 5.58. The van der Waals surface area contributed by atoms with Gasteiger partial charge < -0.3 is 4.74 Å². The highest BCUT2D eigenvalue weighted by atomic mass is 16.5. The molecule has 2 aliphatic rings. The Morgan fingerprint density at radius 3 is 2.27 bits per heavy atom. The fourth-order valence-electron chi connectivity index (χ4n) is 2.03. The van der Waals surface area contributed by atoms with Gasteiger partial charge in [0.15, 0.2) is 0 Å². The Hall–Kier alpha value is -0.120. The SMILES string of the molecule is NN1CC(C2CCOCC2)C1. The molecule has 0 aliphatic carbocycles. The first kappa shape index (κ1) is 7.53. The van der Waals surface area contributed by atoms with Gasteiger partial charge >= 0.3 is 0 Å². The van der Waals surface area contributed by atoms with Gasteiger partial charge in [-0.2, -0.15) is 0 Å². The highest BCUT2D eigenvalue weighted by Crippen LogP contribution is 2.28. The highest BCUT2D eigenvalue weighted by molar-refractivity contribution is 4.83. The zero-order valence-electron chi connectivity index (χ0n) is 6.83. The van der Waals surface area contributed by atoms with E-state index in [0.717, 1.165) is 38.1 Å². The summed E-state index contributed by atoms with van der Waals surface area (Å²) in [5.74, 6) is 7.33. The molecule has 0 saturated carbocycles. The van der Waals surface area contributed by atoms with Crippen LogP contribution >= 0.6 is 0 Å². The van der Waals surface area contributed by atoms with Crippen molar-refractivity contribution >= 4 is 0 Å². The predicted octanol–water partition coefficient (Wildman–Crippen LogP) is 0.218. The van der Waals surface area contributed by atoms with Crippen molar-refractivity contribution in [2.24, 2.45) is 17.7 Å². The van der Waals surface area contributed by atoms with E-state index in [1.165, 1.54) is 12.8 Å². The Morgan fingerprint density at radius 1 is 1.09 bits per heavy atom. The average molecular weight is 156 g/mol. The monoisotopic (exact) mass is 156 g/mol. The third kappa shape index (κ3) is 1.55. The van der Waals surface area contributed by atoms with Crippen LogP contribution in [0.2, 0.25) is 0 Å². The van der Waals surface area contributed by atoms with E-state index in [0.29, 0.717) is 0 Å². The largest absolute Gasteiger partial charge is 0.381 e. The molecule has 2 heterocycles. The van der Waals surface area contributed by atoms with Gasteiger partial charge in [-0.25, -0.2) is 5.01 Å². The second-order valence-corrected chi connectivity index (χ2v) is 3.66. The van der Waals surface area contributed by atoms with Crippen LogP contribution in [0.15, 0.2) is 0 Å². The molecule has 11 heavy (non-hydrogen) atoms. The van der Waals surface area contributed by atoms with Gasteiger partial charge in [-0.1, -0.05) is 0 Å². The summed E-state index contributed by atoms with van der Waals surface area (Å²) in [5.41, 5.74) is 0. The zero-order valence-corrected chi connectivity index (χ0v) is 6.83. The molecule has 3 nitrogen and oxygen atoms in total. The van der Waals surface area contributed by atoms with Crippen LogP contribution in [0.25, 0.3) is 0 Å². The minimum atomic E-state index is 0.865. The van der Waals surface area contributed by atoms with Crippen LogP contribution in [0, 0.1) is 11.8 Å². The van der Waals surface area contributed by atoms with E-state index in [-0.39, 0.29) is 0 Å². The van der Waals surface area contributed by atoms with Gasteiger partial charge in [-0.3, -0.25) is 5.84 Å². The lowest BCUT2D eigenvalue weighted by Gasteiger charge is -2.42. The van der Waals surface area contributed by atoms with Crippen LogP contribution in [0.5, 0.6) is 0 Å². The van der Waals surface area contributed by atoms with Gasteiger partial charge in [0.05, 0.1) is 0 Å². The molecule has 0 radical (unpaired) electrons. The lowest BCUT2D eigenvalue weighted by atomic mass is 9.82. The minimum Gasteiger partial charge on any atom is -0.381 e. The van der Waals surface area contributed by atoms with Crippen LogP contribution in [-0.4, -0.2) is 31.3 Å². The Kier molecular flexibility index (Phi) is 2.11. The van der Waals surface area contributed by atoms with Crippen LogP contribution in [-0.2, 0) is 4.74 Å². The van der Waals surface area contributed by atoms with Gasteiger partial charge in [0, 0.05) is 26.3 Å². The number of nitrogens with zero attached hydrogens (tertiary/aromatic N) is 1. The normalized spacial score (nSPS) is 30.3.